The van der Waals surface area contributed by atoms with E-state index >= 15 is 0 Å². The maximum atomic E-state index is 5.12. The molecule has 0 bridgehead atoms. The molecular weight excluding hydrogens is 709 g/mol. The first-order valence-corrected chi connectivity index (χ1v) is 19.7. The standard InChI is InChI=1S/C52H40N6/c1-5-33(31-53-4)49-55-50(36-21-16-28-54-32-36)57-51(56-49)37-29-41(34-17-8-6-9-18-34)48(42(30-37)35-19-10-7-11-20-35)58-44-25-15-13-23-40(44)46-45(58)27-26-39-38-22-12-14-24-43(38)52(2,3)47(39)46/h5-6,8-10,12-32H,1,4,7,11H2,2-3H3/b33-31+. The third-order valence-corrected chi connectivity index (χ3v) is 11.6. The van der Waals surface area contributed by atoms with Crippen LogP contribution in [0.3, 0.4) is 0 Å². The van der Waals surface area contributed by atoms with Gasteiger partial charge in [-0.1, -0.05) is 124 Å². The van der Waals surface area contributed by atoms with E-state index in [0.29, 0.717) is 23.0 Å². The lowest BCUT2D eigenvalue weighted by Crippen LogP contribution is -2.15. The minimum Gasteiger partial charge on any atom is -0.308 e. The zero-order chi connectivity index (χ0) is 39.4. The summed E-state index contributed by atoms with van der Waals surface area (Å²) < 4.78 is 2.50. The van der Waals surface area contributed by atoms with E-state index in [1.54, 1.807) is 24.7 Å². The molecule has 3 aromatic heterocycles. The Morgan fingerprint density at radius 1 is 0.724 bits per heavy atom. The Morgan fingerprint density at radius 3 is 2.26 bits per heavy atom. The molecule has 58 heavy (non-hydrogen) atoms. The Balaban J connectivity index is 1.33. The van der Waals surface area contributed by atoms with Crippen LogP contribution in [0.25, 0.3) is 83.7 Å². The Morgan fingerprint density at radius 2 is 1.48 bits per heavy atom. The average Bonchev–Trinajstić information content (AvgIpc) is 3.73. The van der Waals surface area contributed by atoms with Gasteiger partial charge < -0.3 is 4.57 Å². The van der Waals surface area contributed by atoms with E-state index < -0.39 is 0 Å². The molecule has 2 aliphatic rings. The fourth-order valence-electron chi connectivity index (χ4n) is 9.01. The van der Waals surface area contributed by atoms with Gasteiger partial charge in [0.25, 0.3) is 0 Å². The summed E-state index contributed by atoms with van der Waals surface area (Å²) in [5.74, 6) is 1.49. The van der Waals surface area contributed by atoms with Gasteiger partial charge in [-0.3, -0.25) is 9.98 Å². The highest BCUT2D eigenvalue weighted by Crippen LogP contribution is 2.54. The molecule has 10 rings (SSSR count). The molecule has 0 amide bonds. The number of fused-ring (bicyclic) bond motifs is 7. The second kappa shape index (κ2) is 14.0. The number of aliphatic imine (C=N–C) groups is 1. The van der Waals surface area contributed by atoms with Gasteiger partial charge in [0, 0.05) is 62.6 Å². The summed E-state index contributed by atoms with van der Waals surface area (Å²) in [5.41, 5.74) is 15.3. The van der Waals surface area contributed by atoms with E-state index in [1.807, 2.05) is 12.1 Å². The fourth-order valence-corrected chi connectivity index (χ4v) is 9.01. The van der Waals surface area contributed by atoms with E-state index in [0.717, 1.165) is 57.4 Å². The molecule has 6 heteroatoms. The highest BCUT2D eigenvalue weighted by atomic mass is 15.0. The number of hydrogen-bond acceptors (Lipinski definition) is 5. The summed E-state index contributed by atoms with van der Waals surface area (Å²) in [5, 5.41) is 2.53. The summed E-state index contributed by atoms with van der Waals surface area (Å²) in [6, 6.07) is 41.4. The molecule has 0 radical (unpaired) electrons. The number of rotatable bonds is 8. The lowest BCUT2D eigenvalue weighted by atomic mass is 9.80. The molecule has 0 fully saturated rings. The minimum atomic E-state index is -0.188. The van der Waals surface area contributed by atoms with E-state index in [2.05, 4.69) is 163 Å². The van der Waals surface area contributed by atoms with Crippen LogP contribution < -0.4 is 0 Å². The van der Waals surface area contributed by atoms with Crippen LogP contribution in [0.4, 0.5) is 0 Å². The van der Waals surface area contributed by atoms with Crippen LogP contribution in [0, 0.1) is 0 Å². The minimum absolute atomic E-state index is 0.188. The van der Waals surface area contributed by atoms with Gasteiger partial charge in [0.15, 0.2) is 17.5 Å². The van der Waals surface area contributed by atoms with E-state index in [1.165, 1.54) is 38.5 Å². The normalized spacial score (nSPS) is 14.3. The zero-order valence-corrected chi connectivity index (χ0v) is 32.5. The number of allylic oxidation sites excluding steroid dienone is 6. The molecular formula is C52H40N6. The SMILES string of the molecule is C=C/C(=C\N=C)c1nc(-c2cccnc2)nc(-c2cc(C3=CCCC=C3)c(-n3c4ccccc4c4c5c(ccc43)-c3ccccc3C5(C)C)c(-c3ccccc3)c2)n1. The third-order valence-electron chi connectivity index (χ3n) is 11.6. The Bertz CT molecular complexity index is 3060. The topological polar surface area (TPSA) is 68.8 Å². The molecule has 2 aliphatic carbocycles. The van der Waals surface area contributed by atoms with Gasteiger partial charge in [0.1, 0.15) is 0 Å². The van der Waals surface area contributed by atoms with Crippen molar-refractivity contribution < 1.29 is 0 Å². The molecule has 0 saturated carbocycles. The molecule has 5 aromatic carbocycles. The molecule has 0 unspecified atom stereocenters. The fraction of sp³-hybridized carbons (Fsp3) is 0.0962. The second-order valence-corrected chi connectivity index (χ2v) is 15.3. The molecule has 0 saturated heterocycles. The summed E-state index contributed by atoms with van der Waals surface area (Å²) in [7, 11) is 0. The summed E-state index contributed by atoms with van der Waals surface area (Å²) in [6.07, 6.45) is 15.7. The Kier molecular flexibility index (Phi) is 8.49. The molecule has 8 aromatic rings. The van der Waals surface area contributed by atoms with Gasteiger partial charge in [-0.15, -0.1) is 0 Å². The molecule has 0 aliphatic heterocycles. The van der Waals surface area contributed by atoms with Crippen molar-refractivity contribution in [1.82, 2.24) is 24.5 Å². The van der Waals surface area contributed by atoms with Crippen molar-refractivity contribution in [2.75, 3.05) is 0 Å². The first kappa shape index (κ1) is 35.1. The highest BCUT2D eigenvalue weighted by molar-refractivity contribution is 6.15. The summed E-state index contributed by atoms with van der Waals surface area (Å²) in [6.45, 7) is 12.5. The van der Waals surface area contributed by atoms with Gasteiger partial charge in [0.2, 0.25) is 0 Å². The van der Waals surface area contributed by atoms with Crippen LogP contribution in [-0.4, -0.2) is 31.2 Å². The van der Waals surface area contributed by atoms with Crippen molar-refractivity contribution in [3.05, 3.63) is 187 Å². The smallest absolute Gasteiger partial charge is 0.165 e. The molecule has 278 valence electrons. The van der Waals surface area contributed by atoms with Gasteiger partial charge in [-0.2, -0.15) is 0 Å². The summed E-state index contributed by atoms with van der Waals surface area (Å²) in [4.78, 5) is 23.5. The molecule has 3 heterocycles. The number of hydrogen-bond donors (Lipinski definition) is 0. The number of para-hydroxylation sites is 1. The maximum absolute atomic E-state index is 5.12. The predicted molar refractivity (Wildman–Crippen MR) is 240 cm³/mol. The molecule has 0 spiro atoms. The second-order valence-electron chi connectivity index (χ2n) is 15.3. The largest absolute Gasteiger partial charge is 0.308 e. The van der Waals surface area contributed by atoms with Crippen molar-refractivity contribution in [3.63, 3.8) is 0 Å². The number of aromatic nitrogens is 5. The van der Waals surface area contributed by atoms with Crippen molar-refractivity contribution in [3.8, 4) is 50.7 Å². The average molecular weight is 749 g/mol. The van der Waals surface area contributed by atoms with Crippen LogP contribution >= 0.6 is 0 Å². The van der Waals surface area contributed by atoms with E-state index in [-0.39, 0.29) is 5.41 Å². The van der Waals surface area contributed by atoms with Gasteiger partial charge in [-0.05, 0) is 89.3 Å². The van der Waals surface area contributed by atoms with Crippen molar-refractivity contribution >= 4 is 39.7 Å². The first-order valence-electron chi connectivity index (χ1n) is 19.7. The number of benzene rings is 5. The molecule has 0 atom stereocenters. The van der Waals surface area contributed by atoms with Crippen LogP contribution in [-0.2, 0) is 5.41 Å². The highest BCUT2D eigenvalue weighted by Gasteiger charge is 2.38. The van der Waals surface area contributed by atoms with Gasteiger partial charge in [0.05, 0.1) is 16.7 Å². The lowest BCUT2D eigenvalue weighted by molar-refractivity contribution is 0.666. The van der Waals surface area contributed by atoms with Crippen molar-refractivity contribution in [2.45, 2.75) is 32.1 Å². The van der Waals surface area contributed by atoms with Gasteiger partial charge in [-0.25, -0.2) is 15.0 Å². The molecule has 0 N–H and O–H groups in total. The summed E-state index contributed by atoms with van der Waals surface area (Å²) >= 11 is 0. The first-order chi connectivity index (χ1) is 28.5. The molecule has 6 nitrogen and oxygen atoms in total. The van der Waals surface area contributed by atoms with Crippen LogP contribution in [0.15, 0.2) is 170 Å². The lowest BCUT2D eigenvalue weighted by Gasteiger charge is -2.23. The Labute approximate surface area is 338 Å². The predicted octanol–water partition coefficient (Wildman–Crippen LogP) is 12.6. The number of pyridine rings is 1. The van der Waals surface area contributed by atoms with Crippen molar-refractivity contribution in [2.24, 2.45) is 4.99 Å². The van der Waals surface area contributed by atoms with Crippen LogP contribution in [0.2, 0.25) is 0 Å². The Hall–Kier alpha value is -7.31. The number of nitrogens with zero attached hydrogens (tertiary/aromatic N) is 6. The van der Waals surface area contributed by atoms with Crippen LogP contribution in [0.5, 0.6) is 0 Å². The zero-order valence-electron chi connectivity index (χ0n) is 32.5. The quantitative estimate of drug-likeness (QED) is 0.115. The van der Waals surface area contributed by atoms with E-state index in [9.17, 15) is 0 Å². The van der Waals surface area contributed by atoms with Crippen molar-refractivity contribution in [1.29, 1.82) is 0 Å². The van der Waals surface area contributed by atoms with Crippen LogP contribution in [0.1, 0.15) is 49.2 Å². The van der Waals surface area contributed by atoms with E-state index in [4.69, 9.17) is 15.0 Å². The van der Waals surface area contributed by atoms with Gasteiger partial charge >= 0.3 is 0 Å². The third kappa shape index (κ3) is 5.59. The monoisotopic (exact) mass is 748 g/mol. The maximum Gasteiger partial charge on any atom is 0.165 e.